The minimum Gasteiger partial charge on any atom is -0.454 e. The zero-order chi connectivity index (χ0) is 17.7. The molecule has 0 bridgehead atoms. The van der Waals surface area contributed by atoms with Gasteiger partial charge < -0.3 is 9.30 Å². The molecule has 0 aliphatic carbocycles. The van der Waals surface area contributed by atoms with Gasteiger partial charge in [0.2, 0.25) is 5.78 Å². The van der Waals surface area contributed by atoms with Crippen LogP contribution in [0.5, 0.6) is 0 Å². The summed E-state index contributed by atoms with van der Waals surface area (Å²) in [5, 5.41) is 0. The fourth-order valence-electron chi connectivity index (χ4n) is 2.28. The molecule has 0 spiro atoms. The van der Waals surface area contributed by atoms with Crippen molar-refractivity contribution in [3.8, 4) is 0 Å². The quantitative estimate of drug-likeness (QED) is 0.346. The Labute approximate surface area is 146 Å². The normalized spacial score (nSPS) is 11.0. The van der Waals surface area contributed by atoms with E-state index in [1.54, 1.807) is 17.8 Å². The summed E-state index contributed by atoms with van der Waals surface area (Å²) in [6, 6.07) is 9.64. The molecule has 4 nitrogen and oxygen atoms in total. The van der Waals surface area contributed by atoms with Crippen LogP contribution < -0.4 is 0 Å². The Kier molecular flexibility index (Phi) is 6.04. The monoisotopic (exact) mass is 343 g/mol. The van der Waals surface area contributed by atoms with Gasteiger partial charge in [-0.1, -0.05) is 12.1 Å². The number of hydrogen-bond donors (Lipinski definition) is 0. The molecule has 0 saturated heterocycles. The number of hydrogen-bond acceptors (Lipinski definition) is 4. The van der Waals surface area contributed by atoms with Crippen LogP contribution in [0.1, 0.15) is 27.3 Å². The van der Waals surface area contributed by atoms with Crippen LogP contribution in [-0.2, 0) is 16.6 Å². The topological polar surface area (TPSA) is 48.3 Å². The third-order valence-corrected chi connectivity index (χ3v) is 4.69. The van der Waals surface area contributed by atoms with Gasteiger partial charge in [0.15, 0.2) is 6.61 Å². The highest BCUT2D eigenvalue weighted by Gasteiger charge is 2.15. The van der Waals surface area contributed by atoms with E-state index in [9.17, 15) is 9.59 Å². The molecule has 2 rings (SSSR count). The number of carbonyl (C=O) groups is 2. The van der Waals surface area contributed by atoms with Gasteiger partial charge in [-0.05, 0) is 49.9 Å². The summed E-state index contributed by atoms with van der Waals surface area (Å²) in [6.45, 7) is 3.56. The first-order valence-electron chi connectivity index (χ1n) is 7.57. The molecule has 1 aromatic carbocycles. The summed E-state index contributed by atoms with van der Waals surface area (Å²) >= 11 is 1.66. The maximum atomic E-state index is 12.2. The van der Waals surface area contributed by atoms with Crippen LogP contribution >= 0.6 is 11.8 Å². The zero-order valence-electron chi connectivity index (χ0n) is 14.3. The summed E-state index contributed by atoms with van der Waals surface area (Å²) in [5.41, 5.74) is 3.37. The van der Waals surface area contributed by atoms with E-state index in [1.165, 1.54) is 6.08 Å². The van der Waals surface area contributed by atoms with Gasteiger partial charge in [0.1, 0.15) is 0 Å². The molecule has 0 fully saturated rings. The van der Waals surface area contributed by atoms with Crippen LogP contribution in [0.4, 0.5) is 0 Å². The fraction of sp³-hybridized carbons (Fsp3) is 0.263. The van der Waals surface area contributed by atoms with Crippen LogP contribution in [0.3, 0.4) is 0 Å². The highest BCUT2D eigenvalue weighted by molar-refractivity contribution is 7.98. The van der Waals surface area contributed by atoms with E-state index in [0.717, 1.165) is 21.8 Å². The van der Waals surface area contributed by atoms with E-state index in [-0.39, 0.29) is 12.4 Å². The molecule has 0 amide bonds. The van der Waals surface area contributed by atoms with Crippen LogP contribution in [-0.4, -0.2) is 29.2 Å². The van der Waals surface area contributed by atoms with E-state index < -0.39 is 5.97 Å². The van der Waals surface area contributed by atoms with Gasteiger partial charge in [-0.2, -0.15) is 0 Å². The molecule has 2 aromatic rings. The Bertz CT molecular complexity index is 773. The number of esters is 1. The number of benzene rings is 1. The Balaban J connectivity index is 1.91. The summed E-state index contributed by atoms with van der Waals surface area (Å²) in [4.78, 5) is 25.1. The third kappa shape index (κ3) is 4.38. The molecule has 5 heteroatoms. The number of aryl methyl sites for hydroxylation is 1. The second-order valence-corrected chi connectivity index (χ2v) is 6.36. The number of nitrogens with zero attached hydrogens (tertiary/aromatic N) is 1. The number of thioether (sulfide) groups is 1. The van der Waals surface area contributed by atoms with Crippen LogP contribution in [0.2, 0.25) is 0 Å². The van der Waals surface area contributed by atoms with Crippen molar-refractivity contribution in [2.75, 3.05) is 12.9 Å². The van der Waals surface area contributed by atoms with Gasteiger partial charge in [-0.15, -0.1) is 11.8 Å². The van der Waals surface area contributed by atoms with Crippen molar-refractivity contribution < 1.29 is 14.3 Å². The SMILES string of the molecule is CSc1ccc(C=CC(=O)OCC(=O)c2cc(C)n(C)c2C)cc1. The number of rotatable bonds is 6. The first-order chi connectivity index (χ1) is 11.4. The van der Waals surface area contributed by atoms with E-state index in [2.05, 4.69) is 0 Å². The standard InChI is InChI=1S/C19H21NO3S/c1-13-11-17(14(2)20(13)3)18(21)12-23-19(22)10-7-15-5-8-16(24-4)9-6-15/h5-11H,12H2,1-4H3. The van der Waals surface area contributed by atoms with Gasteiger partial charge in [0, 0.05) is 35.0 Å². The lowest BCUT2D eigenvalue weighted by molar-refractivity contribution is -0.136. The molecule has 0 saturated carbocycles. The summed E-state index contributed by atoms with van der Waals surface area (Å²) < 4.78 is 6.98. The van der Waals surface area contributed by atoms with E-state index in [0.29, 0.717) is 5.56 Å². The Morgan fingerprint density at radius 1 is 1.21 bits per heavy atom. The van der Waals surface area contributed by atoms with Crippen LogP contribution in [0, 0.1) is 13.8 Å². The van der Waals surface area contributed by atoms with Gasteiger partial charge in [-0.25, -0.2) is 4.79 Å². The molecule has 0 unspecified atom stereocenters. The summed E-state index contributed by atoms with van der Waals surface area (Å²) in [5.74, 6) is -0.718. The number of aromatic nitrogens is 1. The van der Waals surface area contributed by atoms with Crippen molar-refractivity contribution in [1.82, 2.24) is 4.57 Å². The molecule has 1 heterocycles. The molecule has 1 aromatic heterocycles. The molecule has 0 N–H and O–H groups in total. The Morgan fingerprint density at radius 2 is 1.88 bits per heavy atom. The maximum absolute atomic E-state index is 12.2. The molecular weight excluding hydrogens is 322 g/mol. The first-order valence-corrected chi connectivity index (χ1v) is 8.80. The van der Waals surface area contributed by atoms with E-state index in [4.69, 9.17) is 4.74 Å². The Morgan fingerprint density at radius 3 is 2.42 bits per heavy atom. The van der Waals surface area contributed by atoms with Crippen molar-refractivity contribution >= 4 is 29.6 Å². The highest BCUT2D eigenvalue weighted by Crippen LogP contribution is 2.16. The minimum absolute atomic E-state index is 0.192. The van der Waals surface area contributed by atoms with Crippen LogP contribution in [0.25, 0.3) is 6.08 Å². The van der Waals surface area contributed by atoms with E-state index in [1.807, 2.05) is 62.0 Å². The van der Waals surface area contributed by atoms with Gasteiger partial charge in [-0.3, -0.25) is 4.79 Å². The number of ether oxygens (including phenoxy) is 1. The minimum atomic E-state index is -0.525. The molecule has 0 atom stereocenters. The molecule has 0 aliphatic rings. The molecule has 126 valence electrons. The third-order valence-electron chi connectivity index (χ3n) is 3.95. The average molecular weight is 343 g/mol. The van der Waals surface area contributed by atoms with Crippen molar-refractivity contribution in [2.24, 2.45) is 7.05 Å². The average Bonchev–Trinajstić information content (AvgIpc) is 2.85. The molecule has 24 heavy (non-hydrogen) atoms. The maximum Gasteiger partial charge on any atom is 0.331 e. The fourth-order valence-corrected chi connectivity index (χ4v) is 2.69. The van der Waals surface area contributed by atoms with Gasteiger partial charge in [0.25, 0.3) is 0 Å². The first kappa shape index (κ1) is 18.1. The van der Waals surface area contributed by atoms with E-state index >= 15 is 0 Å². The lowest BCUT2D eigenvalue weighted by Gasteiger charge is -2.03. The van der Waals surface area contributed by atoms with Crippen molar-refractivity contribution in [2.45, 2.75) is 18.7 Å². The molecule has 0 radical (unpaired) electrons. The predicted molar refractivity (Wildman–Crippen MR) is 97.4 cm³/mol. The number of ketones is 1. The molecular formula is C19H21NO3S. The Hall–Kier alpha value is -2.27. The van der Waals surface area contributed by atoms with Gasteiger partial charge in [0.05, 0.1) is 0 Å². The van der Waals surface area contributed by atoms with Crippen molar-refractivity contribution in [3.63, 3.8) is 0 Å². The predicted octanol–water partition coefficient (Wildman–Crippen LogP) is 3.80. The smallest absolute Gasteiger partial charge is 0.331 e. The lowest BCUT2D eigenvalue weighted by Crippen LogP contribution is -2.13. The summed E-state index contributed by atoms with van der Waals surface area (Å²) in [7, 11) is 1.90. The highest BCUT2D eigenvalue weighted by atomic mass is 32.2. The second-order valence-electron chi connectivity index (χ2n) is 5.48. The van der Waals surface area contributed by atoms with Crippen molar-refractivity contribution in [1.29, 1.82) is 0 Å². The molecule has 0 aliphatic heterocycles. The van der Waals surface area contributed by atoms with Crippen molar-refractivity contribution in [3.05, 3.63) is 58.9 Å². The van der Waals surface area contributed by atoms with Crippen LogP contribution in [0.15, 0.2) is 41.3 Å². The lowest BCUT2D eigenvalue weighted by atomic mass is 10.1. The number of carbonyl (C=O) groups excluding carboxylic acids is 2. The largest absolute Gasteiger partial charge is 0.454 e. The summed E-state index contributed by atoms with van der Waals surface area (Å²) in [6.07, 6.45) is 5.02. The van der Waals surface area contributed by atoms with Gasteiger partial charge >= 0.3 is 5.97 Å². The second kappa shape index (κ2) is 8.02. The number of Topliss-reactive ketones (excluding diaryl/α,β-unsaturated/α-hetero) is 1. The zero-order valence-corrected chi connectivity index (χ0v) is 15.1.